The molecule has 8 heteroatoms. The van der Waals surface area contributed by atoms with Gasteiger partial charge in [-0.25, -0.2) is 9.97 Å². The molecule has 0 bridgehead atoms. The Labute approximate surface area is 123 Å². The smallest absolute Gasteiger partial charge is 0.172 e. The lowest BCUT2D eigenvalue weighted by Gasteiger charge is -2.06. The van der Waals surface area contributed by atoms with Gasteiger partial charge in [-0.2, -0.15) is 5.10 Å². The Bertz CT molecular complexity index is 817. The SMILES string of the molecule is N/C(=N/O)c1ccnnc1Sc1ncnc2ccccc12. The molecule has 1 aromatic carbocycles. The highest BCUT2D eigenvalue weighted by molar-refractivity contribution is 7.99. The van der Waals surface area contributed by atoms with Gasteiger partial charge in [-0.05, 0) is 23.9 Å². The van der Waals surface area contributed by atoms with E-state index in [2.05, 4.69) is 25.3 Å². The number of oxime groups is 1. The molecule has 0 saturated heterocycles. The minimum Gasteiger partial charge on any atom is -0.409 e. The maximum atomic E-state index is 8.83. The van der Waals surface area contributed by atoms with Gasteiger partial charge in [0, 0.05) is 5.39 Å². The lowest BCUT2D eigenvalue weighted by molar-refractivity contribution is 0.318. The normalized spacial score (nSPS) is 11.7. The summed E-state index contributed by atoms with van der Waals surface area (Å²) in [6.45, 7) is 0. The third kappa shape index (κ3) is 2.61. The number of nitrogens with two attached hydrogens (primary N) is 1. The van der Waals surface area contributed by atoms with Crippen LogP contribution in [0.15, 0.2) is 58.1 Å². The van der Waals surface area contributed by atoms with E-state index in [-0.39, 0.29) is 5.84 Å². The summed E-state index contributed by atoms with van der Waals surface area (Å²) in [5, 5.41) is 21.8. The van der Waals surface area contributed by atoms with E-state index >= 15 is 0 Å². The van der Waals surface area contributed by atoms with Crippen LogP contribution in [-0.2, 0) is 0 Å². The van der Waals surface area contributed by atoms with Crippen molar-refractivity contribution in [2.24, 2.45) is 10.9 Å². The van der Waals surface area contributed by atoms with Gasteiger partial charge in [-0.3, -0.25) is 0 Å². The van der Waals surface area contributed by atoms with Crippen LogP contribution in [0, 0.1) is 0 Å². The number of fused-ring (bicyclic) bond motifs is 1. The quantitative estimate of drug-likeness (QED) is 0.249. The second kappa shape index (κ2) is 5.71. The van der Waals surface area contributed by atoms with Gasteiger partial charge in [0.25, 0.3) is 0 Å². The standard InChI is InChI=1S/C13H10N6OS/c14-11(19-20)9-5-6-17-18-13(9)21-12-8-3-1-2-4-10(8)15-7-16-12/h1-7,20H,(H2,14,19). The van der Waals surface area contributed by atoms with Gasteiger partial charge >= 0.3 is 0 Å². The lowest BCUT2D eigenvalue weighted by Crippen LogP contribution is -2.15. The number of rotatable bonds is 3. The van der Waals surface area contributed by atoms with Crippen molar-refractivity contribution < 1.29 is 5.21 Å². The molecule has 0 radical (unpaired) electrons. The minimum absolute atomic E-state index is 0.0224. The fraction of sp³-hybridized carbons (Fsp3) is 0. The van der Waals surface area contributed by atoms with Gasteiger partial charge in [0.2, 0.25) is 0 Å². The highest BCUT2D eigenvalue weighted by Gasteiger charge is 2.13. The van der Waals surface area contributed by atoms with Crippen LogP contribution in [0.5, 0.6) is 0 Å². The van der Waals surface area contributed by atoms with E-state index in [1.807, 2.05) is 24.3 Å². The molecule has 0 aliphatic rings. The molecule has 2 heterocycles. The fourth-order valence-corrected chi connectivity index (χ4v) is 2.73. The molecule has 0 fully saturated rings. The zero-order valence-electron chi connectivity index (χ0n) is 10.7. The van der Waals surface area contributed by atoms with E-state index in [4.69, 9.17) is 10.9 Å². The highest BCUT2D eigenvalue weighted by atomic mass is 32.2. The molecule has 0 unspecified atom stereocenters. The van der Waals surface area contributed by atoms with Crippen molar-refractivity contribution in [1.82, 2.24) is 20.2 Å². The number of aromatic nitrogens is 4. The molecule has 104 valence electrons. The van der Waals surface area contributed by atoms with Crippen molar-refractivity contribution in [2.45, 2.75) is 10.1 Å². The summed E-state index contributed by atoms with van der Waals surface area (Å²) >= 11 is 1.29. The number of hydrogen-bond donors (Lipinski definition) is 2. The van der Waals surface area contributed by atoms with Crippen LogP contribution in [-0.4, -0.2) is 31.2 Å². The van der Waals surface area contributed by atoms with Gasteiger partial charge in [-0.15, -0.1) is 5.10 Å². The predicted molar refractivity (Wildman–Crippen MR) is 78.2 cm³/mol. The van der Waals surface area contributed by atoms with E-state index < -0.39 is 0 Å². The summed E-state index contributed by atoms with van der Waals surface area (Å²) in [7, 11) is 0. The maximum absolute atomic E-state index is 8.83. The van der Waals surface area contributed by atoms with E-state index in [1.165, 1.54) is 24.3 Å². The number of para-hydroxylation sites is 1. The topological polar surface area (TPSA) is 110 Å². The Morgan fingerprint density at radius 3 is 2.86 bits per heavy atom. The third-order valence-corrected chi connectivity index (χ3v) is 3.78. The van der Waals surface area contributed by atoms with Crippen molar-refractivity contribution in [3.63, 3.8) is 0 Å². The summed E-state index contributed by atoms with van der Waals surface area (Å²) in [4.78, 5) is 8.48. The van der Waals surface area contributed by atoms with Gasteiger partial charge < -0.3 is 10.9 Å². The zero-order valence-corrected chi connectivity index (χ0v) is 11.5. The van der Waals surface area contributed by atoms with Crippen molar-refractivity contribution >= 4 is 28.5 Å². The van der Waals surface area contributed by atoms with E-state index in [1.54, 1.807) is 6.07 Å². The van der Waals surface area contributed by atoms with E-state index in [9.17, 15) is 0 Å². The Morgan fingerprint density at radius 1 is 1.14 bits per heavy atom. The number of nitrogens with zero attached hydrogens (tertiary/aromatic N) is 5. The third-order valence-electron chi connectivity index (χ3n) is 2.77. The highest BCUT2D eigenvalue weighted by Crippen LogP contribution is 2.31. The Hall–Kier alpha value is -2.74. The van der Waals surface area contributed by atoms with E-state index in [0.29, 0.717) is 10.6 Å². The van der Waals surface area contributed by atoms with Gasteiger partial charge in [0.05, 0.1) is 17.3 Å². The van der Waals surface area contributed by atoms with Crippen molar-refractivity contribution in [2.75, 3.05) is 0 Å². The predicted octanol–water partition coefficient (Wildman–Crippen LogP) is 1.67. The summed E-state index contributed by atoms with van der Waals surface area (Å²) in [6, 6.07) is 9.29. The molecule has 3 N–H and O–H groups in total. The fourth-order valence-electron chi connectivity index (χ4n) is 1.80. The summed E-state index contributed by atoms with van der Waals surface area (Å²) < 4.78 is 0. The molecule has 2 aromatic heterocycles. The van der Waals surface area contributed by atoms with Crippen LogP contribution in [0.25, 0.3) is 10.9 Å². The first-order chi connectivity index (χ1) is 10.3. The molecule has 0 spiro atoms. The minimum atomic E-state index is -0.0224. The van der Waals surface area contributed by atoms with Crippen LogP contribution < -0.4 is 5.73 Å². The second-order valence-electron chi connectivity index (χ2n) is 4.03. The molecule has 0 aliphatic carbocycles. The van der Waals surface area contributed by atoms with Crippen LogP contribution in [0.2, 0.25) is 0 Å². The number of amidine groups is 1. The first-order valence-corrected chi connectivity index (χ1v) is 6.78. The van der Waals surface area contributed by atoms with Crippen molar-refractivity contribution in [1.29, 1.82) is 0 Å². The van der Waals surface area contributed by atoms with E-state index in [0.717, 1.165) is 15.9 Å². The average Bonchev–Trinajstić information content (AvgIpc) is 2.55. The molecular formula is C13H10N6OS. The van der Waals surface area contributed by atoms with Crippen LogP contribution >= 0.6 is 11.8 Å². The molecular weight excluding hydrogens is 288 g/mol. The molecule has 7 nitrogen and oxygen atoms in total. The largest absolute Gasteiger partial charge is 0.409 e. The van der Waals surface area contributed by atoms with Crippen molar-refractivity contribution in [3.05, 3.63) is 48.4 Å². The van der Waals surface area contributed by atoms with Crippen LogP contribution in [0.4, 0.5) is 0 Å². The first kappa shape index (κ1) is 13.3. The number of benzene rings is 1. The van der Waals surface area contributed by atoms with Gasteiger partial charge in [0.15, 0.2) is 5.84 Å². The first-order valence-electron chi connectivity index (χ1n) is 5.97. The average molecular weight is 298 g/mol. The molecule has 3 rings (SSSR count). The second-order valence-corrected chi connectivity index (χ2v) is 5.01. The molecule has 3 aromatic rings. The van der Waals surface area contributed by atoms with Crippen LogP contribution in [0.3, 0.4) is 0 Å². The Balaban J connectivity index is 2.08. The molecule has 0 saturated carbocycles. The summed E-state index contributed by atoms with van der Waals surface area (Å²) in [5.74, 6) is -0.0224. The Kier molecular flexibility index (Phi) is 3.61. The Morgan fingerprint density at radius 2 is 2.00 bits per heavy atom. The van der Waals surface area contributed by atoms with Gasteiger partial charge in [0.1, 0.15) is 16.4 Å². The summed E-state index contributed by atoms with van der Waals surface area (Å²) in [6.07, 6.45) is 2.97. The molecule has 0 amide bonds. The summed E-state index contributed by atoms with van der Waals surface area (Å²) in [5.41, 5.74) is 6.98. The molecule has 0 atom stereocenters. The zero-order chi connectivity index (χ0) is 14.7. The number of hydrogen-bond acceptors (Lipinski definition) is 7. The maximum Gasteiger partial charge on any atom is 0.172 e. The van der Waals surface area contributed by atoms with Gasteiger partial charge in [-0.1, -0.05) is 23.4 Å². The van der Waals surface area contributed by atoms with Crippen molar-refractivity contribution in [3.8, 4) is 0 Å². The molecule has 0 aliphatic heterocycles. The monoisotopic (exact) mass is 298 g/mol. The van der Waals surface area contributed by atoms with Crippen LogP contribution in [0.1, 0.15) is 5.56 Å². The lowest BCUT2D eigenvalue weighted by atomic mass is 10.2. The molecule has 21 heavy (non-hydrogen) atoms.